The molecule has 0 heterocycles. The van der Waals surface area contributed by atoms with Crippen molar-refractivity contribution in [2.75, 3.05) is 13.2 Å². The van der Waals surface area contributed by atoms with E-state index in [-0.39, 0.29) is 12.8 Å². The summed E-state index contributed by atoms with van der Waals surface area (Å²) >= 11 is 0. The van der Waals surface area contributed by atoms with Crippen LogP contribution in [0.2, 0.25) is 0 Å². The number of ether oxygens (including phenoxy) is 2. The highest BCUT2D eigenvalue weighted by Gasteiger charge is 2.54. The Hall–Kier alpha value is -2.86. The molecule has 0 spiro atoms. The number of rotatable bonds is 37. The highest BCUT2D eigenvalue weighted by atomic mass is 31.2. The first-order valence-electron chi connectivity index (χ1n) is 23.2. The standard InChI is InChI=1S/C47H78O17P2/c1-3-5-7-9-11-12-13-14-15-16-17-18-22-26-30-34-40(49)60-36-39(37-61-66(58,59)64-47-44(53)42(51)43(52)46(45(47)54)63-65(55,56)57)62-41(50)35-31-27-23-20-19-21-25-29-33-38(48)32-28-24-10-8-6-4-2/h6,8,11-12,14-15,20-21,23-25,28-29,33,38-39,42-48,51-54H,3-5,7,9-10,13,16-19,22,26-27,30-32,34-37H2,1-2H3,(H,58,59)(H2,55,56,57)/b8-6-,12-11-,15-14-,23-20-,25-21-,28-24-,33-29+/t38?,39-,42?,43?,44?,45?,46-,47+/m1/s1. The van der Waals surface area contributed by atoms with Crippen LogP contribution in [0.15, 0.2) is 85.1 Å². The molecule has 66 heavy (non-hydrogen) atoms. The minimum absolute atomic E-state index is 0.0739. The molecular weight excluding hydrogens is 898 g/mol. The van der Waals surface area contributed by atoms with Crippen molar-refractivity contribution in [2.45, 2.75) is 185 Å². The van der Waals surface area contributed by atoms with Gasteiger partial charge in [-0.1, -0.05) is 131 Å². The van der Waals surface area contributed by atoms with Crippen molar-refractivity contribution < 1.29 is 82.0 Å². The smallest absolute Gasteiger partial charge is 0.462 e. The topological polar surface area (TPSA) is 276 Å². The minimum atomic E-state index is -5.38. The Morgan fingerprint density at radius 1 is 0.576 bits per heavy atom. The molecule has 1 aliphatic carbocycles. The fourth-order valence-electron chi connectivity index (χ4n) is 6.41. The van der Waals surface area contributed by atoms with Gasteiger partial charge in [-0.05, 0) is 77.0 Å². The zero-order valence-corrected chi connectivity index (χ0v) is 40.5. The van der Waals surface area contributed by atoms with Crippen molar-refractivity contribution in [2.24, 2.45) is 0 Å². The number of allylic oxidation sites excluding steroid dienone is 12. The molecule has 19 heteroatoms. The largest absolute Gasteiger partial charge is 0.472 e. The van der Waals surface area contributed by atoms with E-state index in [2.05, 4.69) is 54.8 Å². The first-order chi connectivity index (χ1) is 31.5. The third-order valence-electron chi connectivity index (χ3n) is 10.0. The maximum absolute atomic E-state index is 13.0. The lowest BCUT2D eigenvalue weighted by Crippen LogP contribution is -2.64. The van der Waals surface area contributed by atoms with Gasteiger partial charge >= 0.3 is 27.6 Å². The van der Waals surface area contributed by atoms with Crippen molar-refractivity contribution in [1.29, 1.82) is 0 Å². The SMILES string of the molecule is CC/C=C\C/C=C\CC(O)/C=C/C=C\C/C=C\CCCC(=O)O[C@H](COC(=O)CCCCCCC/C=C\C/C=C\CCCCC)COP(=O)(O)O[C@H]1C(O)C(O)C(O)[C@@H](OP(=O)(O)O)C1O. The number of aliphatic hydroxyl groups excluding tert-OH is 5. The second-order valence-corrected chi connectivity index (χ2v) is 18.5. The summed E-state index contributed by atoms with van der Waals surface area (Å²) in [7, 11) is -10.7. The fraction of sp³-hybridized carbons (Fsp3) is 0.660. The minimum Gasteiger partial charge on any atom is -0.462 e. The number of carbonyl (C=O) groups excluding carboxylic acids is 2. The van der Waals surface area contributed by atoms with Crippen molar-refractivity contribution in [3.63, 3.8) is 0 Å². The molecule has 0 amide bonds. The number of phosphoric acid groups is 2. The van der Waals surface area contributed by atoms with E-state index >= 15 is 0 Å². The molecule has 0 aliphatic heterocycles. The van der Waals surface area contributed by atoms with Gasteiger partial charge in [-0.15, -0.1) is 0 Å². The van der Waals surface area contributed by atoms with E-state index < -0.39 is 89.6 Å². The lowest BCUT2D eigenvalue weighted by Gasteiger charge is -2.43. The molecule has 0 saturated heterocycles. The van der Waals surface area contributed by atoms with Crippen molar-refractivity contribution in [1.82, 2.24) is 0 Å². The van der Waals surface area contributed by atoms with Crippen LogP contribution in [0.4, 0.5) is 0 Å². The van der Waals surface area contributed by atoms with Gasteiger partial charge < -0.3 is 49.7 Å². The maximum Gasteiger partial charge on any atom is 0.472 e. The molecule has 8 N–H and O–H groups in total. The average Bonchev–Trinajstić information content (AvgIpc) is 3.27. The van der Waals surface area contributed by atoms with Crippen LogP contribution in [0, 0.1) is 0 Å². The monoisotopic (exact) mass is 976 g/mol. The fourth-order valence-corrected chi connectivity index (χ4v) is 7.95. The normalized spacial score (nSPS) is 22.8. The molecule has 1 saturated carbocycles. The summed E-state index contributed by atoms with van der Waals surface area (Å²) in [5, 5.41) is 51.3. The Morgan fingerprint density at radius 3 is 1.76 bits per heavy atom. The Bertz CT molecular complexity index is 1620. The quantitative estimate of drug-likeness (QED) is 0.00979. The molecule has 9 atom stereocenters. The second-order valence-electron chi connectivity index (χ2n) is 15.9. The number of hydrogen-bond donors (Lipinski definition) is 8. The molecule has 1 rings (SSSR count). The number of unbranched alkanes of at least 4 members (excludes halogenated alkanes) is 9. The van der Waals surface area contributed by atoms with Gasteiger partial charge in [-0.25, -0.2) is 9.13 Å². The Labute approximate surface area is 391 Å². The number of aliphatic hydroxyl groups is 5. The van der Waals surface area contributed by atoms with Crippen molar-refractivity contribution in [3.8, 4) is 0 Å². The van der Waals surface area contributed by atoms with Crippen LogP contribution >= 0.6 is 15.6 Å². The van der Waals surface area contributed by atoms with Crippen LogP contribution in [-0.2, 0) is 41.8 Å². The van der Waals surface area contributed by atoms with Gasteiger partial charge in [-0.3, -0.25) is 23.2 Å². The zero-order chi connectivity index (χ0) is 49.1. The van der Waals surface area contributed by atoms with Crippen LogP contribution < -0.4 is 0 Å². The molecule has 378 valence electrons. The summed E-state index contributed by atoms with van der Waals surface area (Å²) in [5.41, 5.74) is 0. The first-order valence-corrected chi connectivity index (χ1v) is 26.3. The number of hydrogen-bond acceptors (Lipinski definition) is 14. The van der Waals surface area contributed by atoms with E-state index in [9.17, 15) is 49.1 Å². The molecule has 0 aromatic rings. The highest BCUT2D eigenvalue weighted by Crippen LogP contribution is 2.49. The van der Waals surface area contributed by atoms with Gasteiger partial charge in [0.05, 0.1) is 12.7 Å². The summed E-state index contributed by atoms with van der Waals surface area (Å²) in [5.74, 6) is -1.34. The molecule has 0 radical (unpaired) electrons. The summed E-state index contributed by atoms with van der Waals surface area (Å²) in [6.07, 6.45) is 27.2. The number of esters is 2. The van der Waals surface area contributed by atoms with E-state index in [1.165, 1.54) is 19.3 Å². The second kappa shape index (κ2) is 37.1. The summed E-state index contributed by atoms with van der Waals surface area (Å²) in [6, 6.07) is 0. The zero-order valence-electron chi connectivity index (χ0n) is 38.7. The lowest BCUT2D eigenvalue weighted by atomic mass is 9.85. The van der Waals surface area contributed by atoms with Crippen LogP contribution in [0.1, 0.15) is 136 Å². The predicted molar refractivity (Wildman–Crippen MR) is 251 cm³/mol. The molecule has 17 nitrogen and oxygen atoms in total. The lowest BCUT2D eigenvalue weighted by molar-refractivity contribution is -0.216. The first kappa shape index (κ1) is 61.2. The van der Waals surface area contributed by atoms with Crippen LogP contribution in [-0.4, -0.2) is 114 Å². The predicted octanol–water partition coefficient (Wildman–Crippen LogP) is 7.58. The number of phosphoric ester groups is 2. The Morgan fingerprint density at radius 2 is 1.12 bits per heavy atom. The molecule has 0 aromatic heterocycles. The molecule has 0 bridgehead atoms. The van der Waals surface area contributed by atoms with E-state index in [4.69, 9.17) is 28.3 Å². The third kappa shape index (κ3) is 31.2. The van der Waals surface area contributed by atoms with Crippen molar-refractivity contribution >= 4 is 27.6 Å². The number of carbonyl (C=O) groups is 2. The third-order valence-corrected chi connectivity index (χ3v) is 11.5. The van der Waals surface area contributed by atoms with E-state index in [1.807, 2.05) is 36.5 Å². The Balaban J connectivity index is 2.69. The van der Waals surface area contributed by atoms with Crippen LogP contribution in [0.3, 0.4) is 0 Å². The molecule has 1 fully saturated rings. The Kier molecular flexibility index (Phi) is 34.4. The van der Waals surface area contributed by atoms with Gasteiger partial charge in [-0.2, -0.15) is 0 Å². The van der Waals surface area contributed by atoms with Gasteiger partial charge in [0.25, 0.3) is 0 Å². The molecular formula is C47H78O17P2. The van der Waals surface area contributed by atoms with Crippen LogP contribution in [0.25, 0.3) is 0 Å². The molecule has 6 unspecified atom stereocenters. The summed E-state index contributed by atoms with van der Waals surface area (Å²) < 4.78 is 49.2. The molecule has 0 aromatic carbocycles. The van der Waals surface area contributed by atoms with Crippen LogP contribution in [0.5, 0.6) is 0 Å². The summed E-state index contributed by atoms with van der Waals surface area (Å²) in [4.78, 5) is 54.2. The van der Waals surface area contributed by atoms with Gasteiger partial charge in [0, 0.05) is 12.8 Å². The average molecular weight is 977 g/mol. The van der Waals surface area contributed by atoms with Gasteiger partial charge in [0.2, 0.25) is 0 Å². The summed E-state index contributed by atoms with van der Waals surface area (Å²) in [6.45, 7) is 2.82. The maximum atomic E-state index is 13.0. The van der Waals surface area contributed by atoms with E-state index in [0.717, 1.165) is 57.8 Å². The van der Waals surface area contributed by atoms with Crippen molar-refractivity contribution in [3.05, 3.63) is 85.1 Å². The highest BCUT2D eigenvalue weighted by molar-refractivity contribution is 7.47. The van der Waals surface area contributed by atoms with Gasteiger partial charge in [0.15, 0.2) is 6.10 Å². The van der Waals surface area contributed by atoms with E-state index in [1.54, 1.807) is 12.2 Å². The van der Waals surface area contributed by atoms with E-state index in [0.29, 0.717) is 32.1 Å². The van der Waals surface area contributed by atoms with Gasteiger partial charge in [0.1, 0.15) is 43.2 Å². The molecule has 1 aliphatic rings.